The molecule has 0 saturated heterocycles. The predicted molar refractivity (Wildman–Crippen MR) is 125 cm³/mol. The van der Waals surface area contributed by atoms with E-state index in [0.717, 1.165) is 42.3 Å². The fourth-order valence-corrected chi connectivity index (χ4v) is 5.57. The minimum Gasteiger partial charge on any atom is -0.503 e. The van der Waals surface area contributed by atoms with Crippen LogP contribution in [-0.2, 0) is 0 Å². The van der Waals surface area contributed by atoms with Crippen LogP contribution in [0.5, 0.6) is 17.4 Å². The molecule has 0 radical (unpaired) electrons. The number of thiazole rings is 1. The van der Waals surface area contributed by atoms with Crippen molar-refractivity contribution in [2.45, 2.75) is 38.0 Å². The maximum Gasteiger partial charge on any atom is 0.242 e. The third-order valence-electron chi connectivity index (χ3n) is 6.20. The summed E-state index contributed by atoms with van der Waals surface area (Å²) in [6.45, 7) is 0. The third kappa shape index (κ3) is 3.42. The van der Waals surface area contributed by atoms with E-state index in [-0.39, 0.29) is 28.9 Å². The Labute approximate surface area is 189 Å². The van der Waals surface area contributed by atoms with Gasteiger partial charge in [-0.3, -0.25) is 9.36 Å². The molecule has 5 rings (SSSR count). The monoisotopic (exact) mass is 448 g/mol. The number of ketones is 1. The molecule has 2 N–H and O–H groups in total. The second-order valence-electron chi connectivity index (χ2n) is 8.12. The lowest BCUT2D eigenvalue weighted by molar-refractivity contribution is 0.103. The standard InChI is InChI=1S/C25H24N2O4S/c1-31-17-13-11-16(12-14-17)22(28)20-21(15-7-3-2-4-8-15)27(24(30)23(20)29)25-26-18-9-5-6-10-19(18)32-25/h5-6,9-15,29-30H,2-4,7-8H2,1H3. The molecule has 2 aromatic heterocycles. The smallest absolute Gasteiger partial charge is 0.242 e. The van der Waals surface area contributed by atoms with Crippen LogP contribution in [0.3, 0.4) is 0 Å². The Morgan fingerprint density at radius 3 is 2.47 bits per heavy atom. The fraction of sp³-hybridized carbons (Fsp3) is 0.280. The third-order valence-corrected chi connectivity index (χ3v) is 7.22. The SMILES string of the molecule is COc1ccc(C(=O)c2c(O)c(O)n(-c3nc4ccccc4s3)c2C2CCCCC2)cc1. The lowest BCUT2D eigenvalue weighted by Gasteiger charge is -2.24. The summed E-state index contributed by atoms with van der Waals surface area (Å²) in [5.74, 6) is -0.332. The van der Waals surface area contributed by atoms with Crippen LogP contribution in [0.4, 0.5) is 0 Å². The van der Waals surface area contributed by atoms with Crippen molar-refractivity contribution in [1.29, 1.82) is 0 Å². The van der Waals surface area contributed by atoms with Crippen LogP contribution in [0, 0.1) is 0 Å². The van der Waals surface area contributed by atoms with Crippen LogP contribution in [0.15, 0.2) is 48.5 Å². The molecule has 1 saturated carbocycles. The van der Waals surface area contributed by atoms with E-state index in [1.807, 2.05) is 24.3 Å². The molecule has 7 heteroatoms. The highest BCUT2D eigenvalue weighted by atomic mass is 32.1. The quantitative estimate of drug-likeness (QED) is 0.378. The van der Waals surface area contributed by atoms with Crippen LogP contribution < -0.4 is 4.74 Å². The zero-order valence-electron chi connectivity index (χ0n) is 17.7. The second-order valence-corrected chi connectivity index (χ2v) is 9.13. The van der Waals surface area contributed by atoms with Gasteiger partial charge in [0.05, 0.1) is 22.9 Å². The fourth-order valence-electron chi connectivity index (χ4n) is 4.59. The molecule has 0 atom stereocenters. The maximum absolute atomic E-state index is 13.6. The summed E-state index contributed by atoms with van der Waals surface area (Å²) in [4.78, 5) is 18.2. The molecule has 1 aliphatic carbocycles. The first-order valence-corrected chi connectivity index (χ1v) is 11.6. The summed E-state index contributed by atoms with van der Waals surface area (Å²) in [6.07, 6.45) is 5.05. The molecular weight excluding hydrogens is 424 g/mol. The molecule has 1 aliphatic rings. The number of aromatic nitrogens is 2. The molecule has 0 unspecified atom stereocenters. The first kappa shape index (κ1) is 20.6. The Morgan fingerprint density at radius 2 is 1.78 bits per heavy atom. The lowest BCUT2D eigenvalue weighted by atomic mass is 9.84. The van der Waals surface area contributed by atoms with Gasteiger partial charge in [-0.25, -0.2) is 4.98 Å². The number of aromatic hydroxyl groups is 2. The van der Waals surface area contributed by atoms with Crippen LogP contribution >= 0.6 is 11.3 Å². The van der Waals surface area contributed by atoms with Crippen molar-refractivity contribution in [1.82, 2.24) is 9.55 Å². The minimum atomic E-state index is -0.384. The molecule has 0 spiro atoms. The van der Waals surface area contributed by atoms with Crippen LogP contribution in [0.2, 0.25) is 0 Å². The average Bonchev–Trinajstić information content (AvgIpc) is 3.38. The summed E-state index contributed by atoms with van der Waals surface area (Å²) in [5, 5.41) is 22.5. The van der Waals surface area contributed by atoms with Crippen LogP contribution in [-0.4, -0.2) is 32.7 Å². The molecule has 0 aliphatic heterocycles. The van der Waals surface area contributed by atoms with Gasteiger partial charge < -0.3 is 14.9 Å². The molecular formula is C25H24N2O4S. The Kier molecular flexibility index (Phi) is 5.35. The number of ether oxygens (including phenoxy) is 1. The number of nitrogens with zero attached hydrogens (tertiary/aromatic N) is 2. The van der Waals surface area contributed by atoms with E-state index < -0.39 is 0 Å². The van der Waals surface area contributed by atoms with E-state index >= 15 is 0 Å². The molecule has 32 heavy (non-hydrogen) atoms. The highest BCUT2D eigenvalue weighted by Crippen LogP contribution is 2.46. The van der Waals surface area contributed by atoms with Crippen molar-refractivity contribution >= 4 is 27.3 Å². The van der Waals surface area contributed by atoms with Gasteiger partial charge in [-0.2, -0.15) is 0 Å². The van der Waals surface area contributed by atoms with Gasteiger partial charge in [0.25, 0.3) is 0 Å². The molecule has 4 aromatic rings. The van der Waals surface area contributed by atoms with Crippen molar-refractivity contribution in [2.75, 3.05) is 7.11 Å². The first-order valence-electron chi connectivity index (χ1n) is 10.8. The highest BCUT2D eigenvalue weighted by Gasteiger charge is 2.34. The normalized spacial score (nSPS) is 14.7. The number of benzene rings is 2. The average molecular weight is 449 g/mol. The van der Waals surface area contributed by atoms with Crippen LogP contribution in [0.1, 0.15) is 59.6 Å². The summed E-state index contributed by atoms with van der Waals surface area (Å²) < 4.78 is 7.76. The van der Waals surface area contributed by atoms with Crippen molar-refractivity contribution in [3.8, 4) is 22.5 Å². The Bertz CT molecular complexity index is 1250. The topological polar surface area (TPSA) is 84.6 Å². The Hall–Kier alpha value is -3.32. The number of rotatable bonds is 5. The number of hydrogen-bond acceptors (Lipinski definition) is 6. The summed E-state index contributed by atoms with van der Waals surface area (Å²) in [7, 11) is 1.57. The van der Waals surface area contributed by atoms with E-state index in [9.17, 15) is 15.0 Å². The Morgan fingerprint density at radius 1 is 1.06 bits per heavy atom. The van der Waals surface area contributed by atoms with Gasteiger partial charge in [-0.15, -0.1) is 0 Å². The molecule has 0 amide bonds. The first-order chi connectivity index (χ1) is 15.6. The number of carbonyl (C=O) groups is 1. The highest BCUT2D eigenvalue weighted by molar-refractivity contribution is 7.20. The van der Waals surface area contributed by atoms with Crippen molar-refractivity contribution < 1.29 is 19.7 Å². The number of carbonyl (C=O) groups excluding carboxylic acids is 1. The van der Waals surface area contributed by atoms with Gasteiger partial charge in [0.15, 0.2) is 16.7 Å². The molecule has 0 bridgehead atoms. The van der Waals surface area contributed by atoms with Gasteiger partial charge in [0.2, 0.25) is 5.88 Å². The number of fused-ring (bicyclic) bond motifs is 1. The van der Waals surface area contributed by atoms with E-state index in [4.69, 9.17) is 9.72 Å². The van der Waals surface area contributed by atoms with E-state index in [1.54, 1.807) is 35.9 Å². The van der Waals surface area contributed by atoms with Gasteiger partial charge in [0, 0.05) is 17.2 Å². The minimum absolute atomic E-state index is 0.0553. The van der Waals surface area contributed by atoms with Crippen molar-refractivity contribution in [3.63, 3.8) is 0 Å². The predicted octanol–water partition coefficient (Wildman–Crippen LogP) is 5.79. The number of hydrogen-bond donors (Lipinski definition) is 2. The Balaban J connectivity index is 1.70. The van der Waals surface area contributed by atoms with E-state index in [1.165, 1.54) is 11.3 Å². The maximum atomic E-state index is 13.6. The lowest BCUT2D eigenvalue weighted by Crippen LogP contribution is -2.14. The van der Waals surface area contributed by atoms with Crippen LogP contribution in [0.25, 0.3) is 15.3 Å². The number of para-hydroxylation sites is 1. The van der Waals surface area contributed by atoms with E-state index in [0.29, 0.717) is 22.1 Å². The van der Waals surface area contributed by atoms with Gasteiger partial charge in [0.1, 0.15) is 5.75 Å². The van der Waals surface area contributed by atoms with E-state index in [2.05, 4.69) is 0 Å². The van der Waals surface area contributed by atoms with Gasteiger partial charge >= 0.3 is 0 Å². The van der Waals surface area contributed by atoms with Crippen molar-refractivity contribution in [2.24, 2.45) is 0 Å². The molecule has 164 valence electrons. The summed E-state index contributed by atoms with van der Waals surface area (Å²) >= 11 is 1.43. The summed E-state index contributed by atoms with van der Waals surface area (Å²) in [5.41, 5.74) is 2.07. The van der Waals surface area contributed by atoms with Crippen molar-refractivity contribution in [3.05, 3.63) is 65.4 Å². The zero-order valence-corrected chi connectivity index (χ0v) is 18.6. The summed E-state index contributed by atoms with van der Waals surface area (Å²) in [6, 6.07) is 14.5. The molecule has 2 aromatic carbocycles. The van der Waals surface area contributed by atoms with Gasteiger partial charge in [-0.1, -0.05) is 42.7 Å². The molecule has 6 nitrogen and oxygen atoms in total. The molecule has 2 heterocycles. The zero-order chi connectivity index (χ0) is 22.2. The largest absolute Gasteiger partial charge is 0.503 e. The molecule has 1 fully saturated rings. The van der Waals surface area contributed by atoms with Gasteiger partial charge in [-0.05, 0) is 49.2 Å². The number of methoxy groups -OCH3 is 1. The second kappa shape index (κ2) is 8.31.